The maximum Gasteiger partial charge on any atom is 0.255 e. The van der Waals surface area contributed by atoms with Crippen molar-refractivity contribution in [2.45, 2.75) is 65.0 Å². The Kier molecular flexibility index (Phi) is 6.64. The highest BCUT2D eigenvalue weighted by Crippen LogP contribution is 2.37. The lowest BCUT2D eigenvalue weighted by molar-refractivity contribution is -0.120. The van der Waals surface area contributed by atoms with Crippen LogP contribution in [0.15, 0.2) is 24.5 Å². The van der Waals surface area contributed by atoms with Crippen LogP contribution in [0.25, 0.3) is 22.3 Å². The second-order valence-electron chi connectivity index (χ2n) is 10.2. The molecule has 2 aromatic heterocycles. The van der Waals surface area contributed by atoms with Gasteiger partial charge in [0.05, 0.1) is 17.7 Å². The standard InChI is InChI=1S/C27H32FN5O3/c1-14-10-19(32-16(3)34)7-8-21(14)33-27(35)23-15(2)31-26-24(29-13-30-25(23)26)20-11-18(28)6-9-22(20)36-12-17-4-5-17/h6,9,11,13-14,17,19,21,31H,4-5,7-8,10,12H2,1-3H3,(H,32,34)(H,33,35)/t14-,19+,21-/m1/s1. The van der Waals surface area contributed by atoms with E-state index in [1.54, 1.807) is 6.07 Å². The number of amides is 2. The zero-order chi connectivity index (χ0) is 25.4. The summed E-state index contributed by atoms with van der Waals surface area (Å²) in [5.74, 6) is 0.703. The summed E-state index contributed by atoms with van der Waals surface area (Å²) in [5.41, 5.74) is 3.22. The van der Waals surface area contributed by atoms with E-state index in [9.17, 15) is 14.0 Å². The fourth-order valence-corrected chi connectivity index (χ4v) is 5.18. The summed E-state index contributed by atoms with van der Waals surface area (Å²) in [5, 5.41) is 6.17. The lowest BCUT2D eigenvalue weighted by atomic mass is 9.82. The van der Waals surface area contributed by atoms with E-state index in [2.05, 4.69) is 32.5 Å². The summed E-state index contributed by atoms with van der Waals surface area (Å²) in [6, 6.07) is 4.56. The molecule has 2 saturated carbocycles. The van der Waals surface area contributed by atoms with Gasteiger partial charge in [-0.15, -0.1) is 0 Å². The summed E-state index contributed by atoms with van der Waals surface area (Å²) < 4.78 is 20.3. The average Bonchev–Trinajstić information content (AvgIpc) is 3.59. The molecular weight excluding hydrogens is 461 g/mol. The van der Waals surface area contributed by atoms with Crippen LogP contribution < -0.4 is 15.4 Å². The number of carbonyl (C=O) groups excluding carboxylic acids is 2. The Balaban J connectivity index is 1.41. The van der Waals surface area contributed by atoms with Crippen LogP contribution in [0.3, 0.4) is 0 Å². The molecule has 2 aliphatic carbocycles. The quantitative estimate of drug-likeness (QED) is 0.455. The highest BCUT2D eigenvalue weighted by molar-refractivity contribution is 6.09. The minimum absolute atomic E-state index is 0.00110. The van der Waals surface area contributed by atoms with Crippen LogP contribution in [0.5, 0.6) is 5.75 Å². The molecule has 0 aliphatic heterocycles. The summed E-state index contributed by atoms with van der Waals surface area (Å²) >= 11 is 0. The molecule has 0 unspecified atom stereocenters. The average molecular weight is 494 g/mol. The van der Waals surface area contributed by atoms with Crippen molar-refractivity contribution in [3.63, 3.8) is 0 Å². The van der Waals surface area contributed by atoms with Crippen molar-refractivity contribution in [1.29, 1.82) is 0 Å². The zero-order valence-electron chi connectivity index (χ0n) is 20.9. The third-order valence-electron chi connectivity index (χ3n) is 7.26. The van der Waals surface area contributed by atoms with Gasteiger partial charge < -0.3 is 20.4 Å². The number of H-pyrrole nitrogens is 1. The van der Waals surface area contributed by atoms with Crippen LogP contribution in [0.4, 0.5) is 4.39 Å². The van der Waals surface area contributed by atoms with E-state index < -0.39 is 0 Å². The number of fused-ring (bicyclic) bond motifs is 1. The molecule has 2 amide bonds. The molecule has 9 heteroatoms. The Hall–Kier alpha value is -3.49. The Morgan fingerprint density at radius 1 is 1.17 bits per heavy atom. The van der Waals surface area contributed by atoms with Crippen molar-refractivity contribution in [2.75, 3.05) is 6.61 Å². The van der Waals surface area contributed by atoms with E-state index in [1.165, 1.54) is 25.4 Å². The predicted octanol–water partition coefficient (Wildman–Crippen LogP) is 4.28. The molecule has 1 aromatic carbocycles. The molecule has 3 aromatic rings. The van der Waals surface area contributed by atoms with E-state index in [1.807, 2.05) is 6.92 Å². The monoisotopic (exact) mass is 493 g/mol. The molecule has 0 saturated heterocycles. The highest BCUT2D eigenvalue weighted by atomic mass is 19.1. The number of aryl methyl sites for hydroxylation is 1. The van der Waals surface area contributed by atoms with Gasteiger partial charge in [0, 0.05) is 30.3 Å². The molecule has 0 radical (unpaired) electrons. The van der Waals surface area contributed by atoms with Gasteiger partial charge in [0.25, 0.3) is 5.91 Å². The van der Waals surface area contributed by atoms with Crippen molar-refractivity contribution in [1.82, 2.24) is 25.6 Å². The number of rotatable bonds is 7. The van der Waals surface area contributed by atoms with E-state index in [-0.39, 0.29) is 35.6 Å². The van der Waals surface area contributed by atoms with Crippen LogP contribution in [0.2, 0.25) is 0 Å². The van der Waals surface area contributed by atoms with Gasteiger partial charge >= 0.3 is 0 Å². The summed E-state index contributed by atoms with van der Waals surface area (Å²) in [7, 11) is 0. The fourth-order valence-electron chi connectivity index (χ4n) is 5.18. The predicted molar refractivity (Wildman–Crippen MR) is 134 cm³/mol. The number of ether oxygens (including phenoxy) is 1. The number of nitrogens with one attached hydrogen (secondary N) is 3. The number of carbonyl (C=O) groups is 2. The Morgan fingerprint density at radius 3 is 2.69 bits per heavy atom. The van der Waals surface area contributed by atoms with Crippen LogP contribution in [-0.2, 0) is 4.79 Å². The molecule has 8 nitrogen and oxygen atoms in total. The smallest absolute Gasteiger partial charge is 0.255 e. The summed E-state index contributed by atoms with van der Waals surface area (Å²) in [6.07, 6.45) is 6.11. The first-order chi connectivity index (χ1) is 17.3. The van der Waals surface area contributed by atoms with Crippen molar-refractivity contribution in [3.8, 4) is 17.0 Å². The minimum Gasteiger partial charge on any atom is -0.493 e. The third kappa shape index (κ3) is 5.05. The SMILES string of the molecule is CC(=O)N[C@H]1CC[C@@H](NC(=O)c2c(C)[nH]c3c(-c4cc(F)ccc4OCC4CC4)ncnc23)[C@H](C)C1. The highest BCUT2D eigenvalue weighted by Gasteiger charge is 2.31. The Morgan fingerprint density at radius 2 is 1.97 bits per heavy atom. The van der Waals surface area contributed by atoms with Crippen molar-refractivity contribution in [2.24, 2.45) is 11.8 Å². The third-order valence-corrected chi connectivity index (χ3v) is 7.26. The van der Waals surface area contributed by atoms with Crippen molar-refractivity contribution in [3.05, 3.63) is 41.6 Å². The Bertz CT molecular complexity index is 1300. The normalized spacial score (nSPS) is 21.8. The number of hydrogen-bond donors (Lipinski definition) is 3. The molecule has 0 bridgehead atoms. The van der Waals surface area contributed by atoms with E-state index in [4.69, 9.17) is 4.74 Å². The number of aromatic amines is 1. The molecular formula is C27H32FN5O3. The van der Waals surface area contributed by atoms with Gasteiger partial charge in [0.15, 0.2) is 0 Å². The minimum atomic E-state index is -0.388. The number of benzene rings is 1. The second kappa shape index (κ2) is 9.87. The first-order valence-electron chi connectivity index (χ1n) is 12.6. The van der Waals surface area contributed by atoms with Gasteiger partial charge in [-0.1, -0.05) is 6.92 Å². The van der Waals surface area contributed by atoms with Crippen LogP contribution >= 0.6 is 0 Å². The zero-order valence-corrected chi connectivity index (χ0v) is 20.9. The van der Waals surface area contributed by atoms with Crippen molar-refractivity contribution < 1.29 is 18.7 Å². The molecule has 3 atom stereocenters. The lowest BCUT2D eigenvalue weighted by Crippen LogP contribution is -2.47. The number of halogens is 1. The summed E-state index contributed by atoms with van der Waals surface area (Å²) in [4.78, 5) is 37.0. The van der Waals surface area contributed by atoms with E-state index in [0.29, 0.717) is 51.8 Å². The van der Waals surface area contributed by atoms with Crippen molar-refractivity contribution >= 4 is 22.8 Å². The molecule has 3 N–H and O–H groups in total. The maximum atomic E-state index is 14.3. The van der Waals surface area contributed by atoms with E-state index in [0.717, 1.165) is 32.1 Å². The number of nitrogens with zero attached hydrogens (tertiary/aromatic N) is 2. The molecule has 5 rings (SSSR count). The molecule has 190 valence electrons. The lowest BCUT2D eigenvalue weighted by Gasteiger charge is -2.34. The Labute approximate surface area is 209 Å². The van der Waals surface area contributed by atoms with Gasteiger partial charge in [-0.25, -0.2) is 14.4 Å². The second-order valence-corrected chi connectivity index (χ2v) is 10.2. The fraction of sp³-hybridized carbons (Fsp3) is 0.481. The van der Waals surface area contributed by atoms with Gasteiger partial charge in [0.1, 0.15) is 29.1 Å². The molecule has 2 heterocycles. The van der Waals surface area contributed by atoms with Gasteiger partial charge in [0.2, 0.25) is 5.91 Å². The van der Waals surface area contributed by atoms with Gasteiger partial charge in [-0.2, -0.15) is 0 Å². The topological polar surface area (TPSA) is 109 Å². The van der Waals surface area contributed by atoms with Gasteiger partial charge in [-0.05, 0) is 69.1 Å². The molecule has 2 aliphatic rings. The molecule has 2 fully saturated rings. The maximum absolute atomic E-state index is 14.3. The molecule has 36 heavy (non-hydrogen) atoms. The van der Waals surface area contributed by atoms with Crippen LogP contribution in [0, 0.1) is 24.6 Å². The number of hydrogen-bond acceptors (Lipinski definition) is 5. The largest absolute Gasteiger partial charge is 0.493 e. The first-order valence-corrected chi connectivity index (χ1v) is 12.6. The number of aromatic nitrogens is 3. The summed E-state index contributed by atoms with van der Waals surface area (Å²) in [6.45, 7) is 6.04. The molecule has 0 spiro atoms. The first kappa shape index (κ1) is 24.2. The van der Waals surface area contributed by atoms with E-state index >= 15 is 0 Å². The van der Waals surface area contributed by atoms with Gasteiger partial charge in [-0.3, -0.25) is 9.59 Å². The van der Waals surface area contributed by atoms with Crippen LogP contribution in [-0.4, -0.2) is 45.5 Å². The van der Waals surface area contributed by atoms with Crippen LogP contribution in [0.1, 0.15) is 62.0 Å².